The first-order valence-corrected chi connectivity index (χ1v) is 10.9. The van der Waals surface area contributed by atoms with Gasteiger partial charge in [0.15, 0.2) is 11.7 Å². The van der Waals surface area contributed by atoms with E-state index in [0.717, 1.165) is 6.07 Å². The second-order valence-electron chi connectivity index (χ2n) is 8.34. The van der Waals surface area contributed by atoms with E-state index in [4.69, 9.17) is 9.15 Å². The maximum absolute atomic E-state index is 13.6. The number of carbonyl (C=O) groups excluding carboxylic acids is 2. The van der Waals surface area contributed by atoms with Crippen molar-refractivity contribution in [3.63, 3.8) is 0 Å². The molecular weight excluding hydrogens is 442 g/mol. The van der Waals surface area contributed by atoms with E-state index in [0.29, 0.717) is 33.7 Å². The number of hydrogen-bond acceptors (Lipinski definition) is 5. The third-order valence-electron chi connectivity index (χ3n) is 5.36. The van der Waals surface area contributed by atoms with Crippen molar-refractivity contribution in [3.8, 4) is 5.75 Å². The summed E-state index contributed by atoms with van der Waals surface area (Å²) in [5, 5.41) is 0.699. The van der Waals surface area contributed by atoms with Gasteiger partial charge in [-0.15, -0.1) is 0 Å². The van der Waals surface area contributed by atoms with Crippen LogP contribution in [0.4, 0.5) is 8.78 Å². The van der Waals surface area contributed by atoms with E-state index in [2.05, 4.69) is 4.98 Å². The van der Waals surface area contributed by atoms with E-state index >= 15 is 0 Å². The summed E-state index contributed by atoms with van der Waals surface area (Å²) in [7, 11) is 0. The van der Waals surface area contributed by atoms with Crippen LogP contribution in [0.2, 0.25) is 0 Å². The lowest BCUT2D eigenvalue weighted by molar-refractivity contribution is 0.0885. The predicted octanol–water partition coefficient (Wildman–Crippen LogP) is 5.76. The number of ketones is 1. The van der Waals surface area contributed by atoms with Crippen molar-refractivity contribution in [1.82, 2.24) is 9.55 Å². The Morgan fingerprint density at radius 3 is 2.47 bits per heavy atom. The van der Waals surface area contributed by atoms with Gasteiger partial charge in [-0.05, 0) is 55.7 Å². The molecule has 176 valence electrons. The first-order chi connectivity index (χ1) is 16.2. The Morgan fingerprint density at radius 2 is 1.85 bits per heavy atom. The fourth-order valence-corrected chi connectivity index (χ4v) is 4.10. The maximum Gasteiger partial charge on any atom is 0.232 e. The van der Waals surface area contributed by atoms with Gasteiger partial charge in [0, 0.05) is 30.9 Å². The van der Waals surface area contributed by atoms with Gasteiger partial charge in [0.25, 0.3) is 0 Å². The van der Waals surface area contributed by atoms with Crippen LogP contribution in [-0.2, 0) is 12.8 Å². The van der Waals surface area contributed by atoms with Crippen molar-refractivity contribution in [2.24, 2.45) is 0 Å². The van der Waals surface area contributed by atoms with Crippen LogP contribution in [0.25, 0.3) is 10.9 Å². The highest BCUT2D eigenvalue weighted by atomic mass is 19.1. The number of carbonyl (C=O) groups is 2. The molecule has 0 atom stereocenters. The molecule has 0 spiro atoms. The van der Waals surface area contributed by atoms with Crippen molar-refractivity contribution < 1.29 is 27.5 Å². The summed E-state index contributed by atoms with van der Waals surface area (Å²) < 4.78 is 39.7. The summed E-state index contributed by atoms with van der Waals surface area (Å²) >= 11 is 0. The molecular formula is C26H24F2N2O4. The maximum atomic E-state index is 13.6. The number of aromatic nitrogens is 2. The van der Waals surface area contributed by atoms with Crippen LogP contribution in [0.5, 0.6) is 5.75 Å². The minimum absolute atomic E-state index is 0.0549. The second kappa shape index (κ2) is 9.59. The van der Waals surface area contributed by atoms with E-state index in [1.807, 2.05) is 19.9 Å². The van der Waals surface area contributed by atoms with E-state index in [1.165, 1.54) is 36.1 Å². The molecule has 6 nitrogen and oxygen atoms in total. The van der Waals surface area contributed by atoms with Crippen molar-refractivity contribution in [2.75, 3.05) is 0 Å². The normalized spacial score (nSPS) is 11.4. The SMILES string of the molecule is CC(=O)c1c(Cc2ncco2)c2ccc(OC(C)C)cc2n1C(=O)CCc1cc(F)cc(F)c1. The Morgan fingerprint density at radius 1 is 1.12 bits per heavy atom. The van der Waals surface area contributed by atoms with E-state index in [1.54, 1.807) is 12.1 Å². The number of oxazole rings is 1. The Labute approximate surface area is 195 Å². The van der Waals surface area contributed by atoms with Gasteiger partial charge in [-0.2, -0.15) is 0 Å². The fraction of sp³-hybridized carbons (Fsp3) is 0.269. The topological polar surface area (TPSA) is 74.3 Å². The van der Waals surface area contributed by atoms with E-state index < -0.39 is 11.6 Å². The van der Waals surface area contributed by atoms with Gasteiger partial charge in [0.1, 0.15) is 23.6 Å². The number of hydrogen-bond donors (Lipinski definition) is 0. The van der Waals surface area contributed by atoms with E-state index in [9.17, 15) is 18.4 Å². The summed E-state index contributed by atoms with van der Waals surface area (Å²) in [6, 6.07) is 8.49. The quantitative estimate of drug-likeness (QED) is 0.309. The zero-order valence-corrected chi connectivity index (χ0v) is 19.1. The van der Waals surface area contributed by atoms with Crippen molar-refractivity contribution >= 4 is 22.6 Å². The molecule has 0 unspecified atom stereocenters. The summed E-state index contributed by atoms with van der Waals surface area (Å²) in [4.78, 5) is 30.3. The number of benzene rings is 2. The monoisotopic (exact) mass is 466 g/mol. The molecule has 8 heteroatoms. The molecule has 0 aliphatic carbocycles. The highest BCUT2D eigenvalue weighted by Crippen LogP contribution is 2.32. The molecule has 4 rings (SSSR count). The number of rotatable bonds is 8. The van der Waals surface area contributed by atoms with Crippen LogP contribution >= 0.6 is 0 Å². The molecule has 4 aromatic rings. The zero-order valence-electron chi connectivity index (χ0n) is 19.1. The van der Waals surface area contributed by atoms with Crippen LogP contribution in [0.1, 0.15) is 59.5 Å². The number of ether oxygens (including phenoxy) is 1. The first-order valence-electron chi connectivity index (χ1n) is 10.9. The predicted molar refractivity (Wildman–Crippen MR) is 122 cm³/mol. The molecule has 0 N–H and O–H groups in total. The van der Waals surface area contributed by atoms with Crippen molar-refractivity contribution in [3.05, 3.63) is 83.2 Å². The summed E-state index contributed by atoms with van der Waals surface area (Å²) in [5.74, 6) is -1.12. The molecule has 34 heavy (non-hydrogen) atoms. The van der Waals surface area contributed by atoms with Crippen LogP contribution in [0.3, 0.4) is 0 Å². The van der Waals surface area contributed by atoms with Gasteiger partial charge in [0.2, 0.25) is 5.91 Å². The molecule has 0 amide bonds. The number of aryl methyl sites for hydroxylation is 1. The average Bonchev–Trinajstić information content (AvgIpc) is 3.37. The Hall–Kier alpha value is -3.81. The van der Waals surface area contributed by atoms with Crippen LogP contribution in [-0.4, -0.2) is 27.3 Å². The lowest BCUT2D eigenvalue weighted by Crippen LogP contribution is -2.18. The lowest BCUT2D eigenvalue weighted by atomic mass is 10.1. The third kappa shape index (κ3) is 4.90. The molecule has 2 aromatic heterocycles. The molecule has 0 saturated carbocycles. The molecule has 0 radical (unpaired) electrons. The number of Topliss-reactive ketones (excluding diaryl/α,β-unsaturated/α-hetero) is 1. The molecule has 0 fully saturated rings. The number of nitrogens with zero attached hydrogens (tertiary/aromatic N) is 2. The number of halogens is 2. The Kier molecular flexibility index (Phi) is 6.58. The molecule has 0 saturated heterocycles. The standard InChI is InChI=1S/C26H24F2N2O4/c1-15(2)34-20-5-6-21-22(14-24-29-8-9-33-24)26(16(3)31)30(23(21)13-20)25(32)7-4-17-10-18(27)12-19(28)11-17/h5-6,8-13,15H,4,7,14H2,1-3H3. The summed E-state index contributed by atoms with van der Waals surface area (Å²) in [6.45, 7) is 5.17. The van der Waals surface area contributed by atoms with Crippen LogP contribution in [0, 0.1) is 11.6 Å². The second-order valence-corrected chi connectivity index (χ2v) is 8.34. The molecule has 0 aliphatic rings. The molecule has 2 heterocycles. The highest BCUT2D eigenvalue weighted by Gasteiger charge is 2.25. The van der Waals surface area contributed by atoms with Gasteiger partial charge < -0.3 is 9.15 Å². The van der Waals surface area contributed by atoms with Gasteiger partial charge in [-0.3, -0.25) is 14.2 Å². The summed E-state index contributed by atoms with van der Waals surface area (Å²) in [6.07, 6.45) is 3.15. The van der Waals surface area contributed by atoms with Crippen LogP contribution < -0.4 is 4.74 Å². The lowest BCUT2D eigenvalue weighted by Gasteiger charge is -2.11. The Bertz CT molecular complexity index is 1340. The molecule has 0 bridgehead atoms. The third-order valence-corrected chi connectivity index (χ3v) is 5.36. The first kappa shape index (κ1) is 23.4. The van der Waals surface area contributed by atoms with Crippen LogP contribution in [0.15, 0.2) is 53.3 Å². The minimum Gasteiger partial charge on any atom is -0.491 e. The van der Waals surface area contributed by atoms with Crippen molar-refractivity contribution in [2.45, 2.75) is 46.1 Å². The zero-order chi connectivity index (χ0) is 24.4. The van der Waals surface area contributed by atoms with Gasteiger partial charge in [0.05, 0.1) is 29.9 Å². The molecule has 2 aromatic carbocycles. The van der Waals surface area contributed by atoms with Gasteiger partial charge in [-0.25, -0.2) is 13.8 Å². The van der Waals surface area contributed by atoms with Gasteiger partial charge >= 0.3 is 0 Å². The van der Waals surface area contributed by atoms with E-state index in [-0.39, 0.29) is 42.8 Å². The average molecular weight is 466 g/mol. The largest absolute Gasteiger partial charge is 0.491 e. The molecule has 0 aliphatic heterocycles. The summed E-state index contributed by atoms with van der Waals surface area (Å²) in [5.41, 5.74) is 1.72. The minimum atomic E-state index is -0.706. The van der Waals surface area contributed by atoms with Crippen molar-refractivity contribution in [1.29, 1.82) is 0 Å². The highest BCUT2D eigenvalue weighted by molar-refractivity contribution is 6.07. The Balaban J connectivity index is 1.80. The number of fused-ring (bicyclic) bond motifs is 1. The fourth-order valence-electron chi connectivity index (χ4n) is 4.10. The van der Waals surface area contributed by atoms with Gasteiger partial charge in [-0.1, -0.05) is 0 Å². The smallest absolute Gasteiger partial charge is 0.232 e.